The molecule has 1 aliphatic rings. The number of carbonyl (C=O) groups excluding carboxylic acids is 1. The van der Waals surface area contributed by atoms with Crippen molar-refractivity contribution in [1.82, 2.24) is 15.1 Å². The summed E-state index contributed by atoms with van der Waals surface area (Å²) in [4.78, 5) is 18.7. The Balaban J connectivity index is 1.38. The second kappa shape index (κ2) is 10.1. The van der Waals surface area contributed by atoms with Crippen LogP contribution in [0.25, 0.3) is 10.8 Å². The van der Waals surface area contributed by atoms with Crippen molar-refractivity contribution >= 4 is 28.4 Å². The standard InChI is InChI=1S/C25H29N3OS/c1-27-13-15-28(16-14-27)18-24(21-8-3-2-4-9-21)26-25(29)19-30-23-12-11-20-7-5-6-10-22(20)17-23/h2-12,17,24H,13-16,18-19H2,1H3,(H,26,29). The van der Waals surface area contributed by atoms with Crippen molar-refractivity contribution in [3.05, 3.63) is 78.4 Å². The summed E-state index contributed by atoms with van der Waals surface area (Å²) in [6, 6.07) is 25.0. The van der Waals surface area contributed by atoms with E-state index in [1.54, 1.807) is 11.8 Å². The molecule has 30 heavy (non-hydrogen) atoms. The zero-order valence-electron chi connectivity index (χ0n) is 17.5. The van der Waals surface area contributed by atoms with Gasteiger partial charge in [0, 0.05) is 37.6 Å². The third-order valence-electron chi connectivity index (χ3n) is 5.66. The van der Waals surface area contributed by atoms with Gasteiger partial charge >= 0.3 is 0 Å². The number of nitrogens with one attached hydrogen (secondary N) is 1. The zero-order chi connectivity index (χ0) is 20.8. The highest BCUT2D eigenvalue weighted by Crippen LogP contribution is 2.24. The Kier molecular flexibility index (Phi) is 7.05. The molecule has 0 aliphatic carbocycles. The predicted molar refractivity (Wildman–Crippen MR) is 126 cm³/mol. The maximum absolute atomic E-state index is 12.8. The van der Waals surface area contributed by atoms with Crippen LogP contribution in [0.4, 0.5) is 0 Å². The average Bonchev–Trinajstić information content (AvgIpc) is 2.79. The number of likely N-dealkylation sites (N-methyl/N-ethyl adjacent to an activating group) is 1. The van der Waals surface area contributed by atoms with Crippen LogP contribution < -0.4 is 5.32 Å². The summed E-state index contributed by atoms with van der Waals surface area (Å²) in [6.07, 6.45) is 0. The lowest BCUT2D eigenvalue weighted by molar-refractivity contribution is -0.119. The van der Waals surface area contributed by atoms with Crippen LogP contribution in [0.2, 0.25) is 0 Å². The van der Waals surface area contributed by atoms with E-state index in [1.807, 2.05) is 30.3 Å². The van der Waals surface area contributed by atoms with E-state index in [0.717, 1.165) is 37.6 Å². The van der Waals surface area contributed by atoms with Gasteiger partial charge in [0.2, 0.25) is 5.91 Å². The first-order valence-corrected chi connectivity index (χ1v) is 11.5. The van der Waals surface area contributed by atoms with E-state index < -0.39 is 0 Å². The smallest absolute Gasteiger partial charge is 0.230 e. The summed E-state index contributed by atoms with van der Waals surface area (Å²) in [6.45, 7) is 5.09. The SMILES string of the molecule is CN1CCN(CC(NC(=O)CSc2ccc3ccccc3c2)c2ccccc2)CC1. The van der Waals surface area contributed by atoms with Gasteiger partial charge in [0.1, 0.15) is 0 Å². The van der Waals surface area contributed by atoms with Gasteiger partial charge < -0.3 is 10.2 Å². The van der Waals surface area contributed by atoms with Crippen LogP contribution in [-0.2, 0) is 4.79 Å². The van der Waals surface area contributed by atoms with Crippen molar-refractivity contribution in [3.8, 4) is 0 Å². The summed E-state index contributed by atoms with van der Waals surface area (Å²) in [5.74, 6) is 0.501. The maximum atomic E-state index is 12.8. The topological polar surface area (TPSA) is 35.6 Å². The number of carbonyl (C=O) groups is 1. The molecule has 1 atom stereocenters. The van der Waals surface area contributed by atoms with Crippen LogP contribution in [-0.4, -0.2) is 61.2 Å². The molecular weight excluding hydrogens is 390 g/mol. The normalized spacial score (nSPS) is 16.4. The highest BCUT2D eigenvalue weighted by atomic mass is 32.2. The fourth-order valence-corrected chi connectivity index (χ4v) is 4.61. The Morgan fingerprint density at radius 1 is 0.933 bits per heavy atom. The molecule has 0 aromatic heterocycles. The Morgan fingerprint density at radius 2 is 1.63 bits per heavy atom. The van der Waals surface area contributed by atoms with Gasteiger partial charge in [-0.1, -0.05) is 60.7 Å². The first kappa shape index (κ1) is 20.9. The number of piperazine rings is 1. The quantitative estimate of drug-likeness (QED) is 0.587. The molecule has 0 radical (unpaired) electrons. The van der Waals surface area contributed by atoms with Crippen LogP contribution in [0.5, 0.6) is 0 Å². The Labute approximate surface area is 183 Å². The molecule has 5 heteroatoms. The fraction of sp³-hybridized carbons (Fsp3) is 0.320. The number of rotatable bonds is 7. The molecular formula is C25H29N3OS. The van der Waals surface area contributed by atoms with E-state index in [1.165, 1.54) is 16.3 Å². The van der Waals surface area contributed by atoms with Crippen molar-refractivity contribution in [2.45, 2.75) is 10.9 Å². The summed E-state index contributed by atoms with van der Waals surface area (Å²) in [5, 5.41) is 5.72. The van der Waals surface area contributed by atoms with Crippen LogP contribution in [0, 0.1) is 0 Å². The lowest BCUT2D eigenvalue weighted by atomic mass is 10.1. The lowest BCUT2D eigenvalue weighted by Gasteiger charge is -2.35. The van der Waals surface area contributed by atoms with Gasteiger partial charge in [0.25, 0.3) is 0 Å². The van der Waals surface area contributed by atoms with Gasteiger partial charge in [-0.05, 0) is 35.5 Å². The van der Waals surface area contributed by atoms with E-state index >= 15 is 0 Å². The molecule has 0 spiro atoms. The van der Waals surface area contributed by atoms with Crippen LogP contribution in [0.1, 0.15) is 11.6 Å². The summed E-state index contributed by atoms with van der Waals surface area (Å²) in [5.41, 5.74) is 1.17. The monoisotopic (exact) mass is 419 g/mol. The van der Waals surface area contributed by atoms with Gasteiger partial charge in [-0.25, -0.2) is 0 Å². The molecule has 1 N–H and O–H groups in total. The summed E-state index contributed by atoms with van der Waals surface area (Å²) in [7, 11) is 2.16. The molecule has 4 rings (SSSR count). The van der Waals surface area contributed by atoms with Crippen molar-refractivity contribution in [3.63, 3.8) is 0 Å². The molecule has 156 valence electrons. The largest absolute Gasteiger partial charge is 0.347 e. The van der Waals surface area contributed by atoms with Crippen molar-refractivity contribution < 1.29 is 4.79 Å². The Morgan fingerprint density at radius 3 is 2.40 bits per heavy atom. The first-order chi connectivity index (χ1) is 14.7. The van der Waals surface area contributed by atoms with Gasteiger partial charge in [-0.2, -0.15) is 0 Å². The first-order valence-electron chi connectivity index (χ1n) is 10.5. The minimum atomic E-state index is 0.0132. The third kappa shape index (κ3) is 5.63. The second-order valence-corrected chi connectivity index (χ2v) is 8.98. The molecule has 1 unspecified atom stereocenters. The minimum absolute atomic E-state index is 0.0132. The Bertz CT molecular complexity index is 970. The lowest BCUT2D eigenvalue weighted by Crippen LogP contribution is -2.48. The Hall–Kier alpha value is -2.34. The van der Waals surface area contributed by atoms with E-state index in [0.29, 0.717) is 5.75 Å². The molecule has 1 aliphatic heterocycles. The van der Waals surface area contributed by atoms with Gasteiger partial charge in [0.05, 0.1) is 11.8 Å². The minimum Gasteiger partial charge on any atom is -0.347 e. The van der Waals surface area contributed by atoms with Crippen LogP contribution in [0.3, 0.4) is 0 Å². The molecule has 3 aromatic carbocycles. The number of thioether (sulfide) groups is 1. The highest BCUT2D eigenvalue weighted by molar-refractivity contribution is 8.00. The number of amides is 1. The molecule has 1 saturated heterocycles. The van der Waals surface area contributed by atoms with Gasteiger partial charge in [-0.3, -0.25) is 9.69 Å². The fourth-order valence-electron chi connectivity index (χ4n) is 3.85. The van der Waals surface area contributed by atoms with Crippen molar-refractivity contribution in [2.24, 2.45) is 0 Å². The van der Waals surface area contributed by atoms with Crippen molar-refractivity contribution in [1.29, 1.82) is 0 Å². The van der Waals surface area contributed by atoms with Crippen LogP contribution >= 0.6 is 11.8 Å². The van der Waals surface area contributed by atoms with E-state index in [-0.39, 0.29) is 11.9 Å². The average molecular weight is 420 g/mol. The van der Waals surface area contributed by atoms with Gasteiger partial charge in [0.15, 0.2) is 0 Å². The molecule has 0 saturated carbocycles. The number of benzene rings is 3. The van der Waals surface area contributed by atoms with E-state index in [4.69, 9.17) is 0 Å². The summed E-state index contributed by atoms with van der Waals surface area (Å²) >= 11 is 1.59. The van der Waals surface area contributed by atoms with Crippen molar-refractivity contribution in [2.75, 3.05) is 45.5 Å². The van der Waals surface area contributed by atoms with Gasteiger partial charge in [-0.15, -0.1) is 11.8 Å². The maximum Gasteiger partial charge on any atom is 0.230 e. The number of hydrogen-bond acceptors (Lipinski definition) is 4. The molecule has 1 heterocycles. The van der Waals surface area contributed by atoms with E-state index in [2.05, 4.69) is 64.6 Å². The number of fused-ring (bicyclic) bond motifs is 1. The molecule has 3 aromatic rings. The zero-order valence-corrected chi connectivity index (χ0v) is 18.3. The number of nitrogens with zero attached hydrogens (tertiary/aromatic N) is 2. The molecule has 1 amide bonds. The van der Waals surface area contributed by atoms with Crippen LogP contribution in [0.15, 0.2) is 77.7 Å². The molecule has 4 nitrogen and oxygen atoms in total. The molecule has 1 fully saturated rings. The second-order valence-electron chi connectivity index (χ2n) is 7.93. The predicted octanol–water partition coefficient (Wildman–Crippen LogP) is 4.04. The molecule has 0 bridgehead atoms. The highest BCUT2D eigenvalue weighted by Gasteiger charge is 2.21. The third-order valence-corrected chi connectivity index (χ3v) is 6.66. The summed E-state index contributed by atoms with van der Waals surface area (Å²) < 4.78 is 0. The number of hydrogen-bond donors (Lipinski definition) is 1. The van der Waals surface area contributed by atoms with E-state index in [9.17, 15) is 4.79 Å².